The van der Waals surface area contributed by atoms with Crippen molar-refractivity contribution in [1.82, 2.24) is 19.6 Å². The maximum absolute atomic E-state index is 12.4. The summed E-state index contributed by atoms with van der Waals surface area (Å²) in [5, 5.41) is 3.91. The zero-order chi connectivity index (χ0) is 14.8. The third kappa shape index (κ3) is 2.72. The van der Waals surface area contributed by atoms with Crippen molar-refractivity contribution in [2.45, 2.75) is 32.4 Å². The summed E-state index contributed by atoms with van der Waals surface area (Å²) >= 11 is 0. The Morgan fingerprint density at radius 3 is 3.05 bits per heavy atom. The van der Waals surface area contributed by atoms with Gasteiger partial charge >= 0.3 is 0 Å². The van der Waals surface area contributed by atoms with Crippen LogP contribution in [-0.4, -0.2) is 32.1 Å². The highest BCUT2D eigenvalue weighted by atomic mass is 16.5. The second-order valence-electron chi connectivity index (χ2n) is 5.08. The van der Waals surface area contributed by atoms with E-state index in [0.717, 1.165) is 12.8 Å². The minimum Gasteiger partial charge on any atom is -0.340 e. The van der Waals surface area contributed by atoms with Crippen LogP contribution in [0.25, 0.3) is 0 Å². The van der Waals surface area contributed by atoms with Crippen LogP contribution in [0, 0.1) is 6.92 Å². The lowest BCUT2D eigenvalue weighted by atomic mass is 10.2. The van der Waals surface area contributed by atoms with E-state index < -0.39 is 0 Å². The van der Waals surface area contributed by atoms with Gasteiger partial charge in [0, 0.05) is 25.7 Å². The van der Waals surface area contributed by atoms with E-state index in [1.807, 2.05) is 0 Å². The summed E-state index contributed by atoms with van der Waals surface area (Å²) in [4.78, 5) is 30.1. The number of carbonyl (C=O) groups excluding carboxylic acids is 1. The summed E-state index contributed by atoms with van der Waals surface area (Å²) in [7, 11) is 0. The standard InChI is InChI=1S/C14H16N4O3/c1-10-15-14(16-21-10)11-5-4-8-18(11)13(20)9-17-7-3-2-6-12(17)19/h2-3,6-7,11H,4-5,8-9H2,1H3. The second kappa shape index (κ2) is 5.51. The van der Waals surface area contributed by atoms with E-state index in [4.69, 9.17) is 4.52 Å². The van der Waals surface area contributed by atoms with Crippen LogP contribution in [0.5, 0.6) is 0 Å². The van der Waals surface area contributed by atoms with Gasteiger partial charge in [0.25, 0.3) is 5.56 Å². The fourth-order valence-electron chi connectivity index (χ4n) is 2.61. The number of hydrogen-bond donors (Lipinski definition) is 0. The summed E-state index contributed by atoms with van der Waals surface area (Å²) in [5.41, 5.74) is -0.183. The van der Waals surface area contributed by atoms with E-state index in [2.05, 4.69) is 10.1 Å². The van der Waals surface area contributed by atoms with Gasteiger partial charge in [-0.2, -0.15) is 4.98 Å². The summed E-state index contributed by atoms with van der Waals surface area (Å²) in [5.74, 6) is 0.926. The maximum atomic E-state index is 12.4. The Hall–Kier alpha value is -2.44. The van der Waals surface area contributed by atoms with Crippen LogP contribution in [0.4, 0.5) is 0 Å². The lowest BCUT2D eigenvalue weighted by Gasteiger charge is -2.22. The minimum atomic E-state index is -0.183. The molecule has 2 aromatic rings. The van der Waals surface area contributed by atoms with Gasteiger partial charge in [-0.3, -0.25) is 9.59 Å². The van der Waals surface area contributed by atoms with Crippen molar-refractivity contribution in [3.63, 3.8) is 0 Å². The highest BCUT2D eigenvalue weighted by Crippen LogP contribution is 2.30. The Bertz CT molecular complexity index is 706. The van der Waals surface area contributed by atoms with Crippen LogP contribution < -0.4 is 5.56 Å². The first kappa shape index (κ1) is 13.5. The fourth-order valence-corrected chi connectivity index (χ4v) is 2.61. The molecule has 7 heteroatoms. The molecule has 110 valence electrons. The van der Waals surface area contributed by atoms with Crippen LogP contribution in [0.2, 0.25) is 0 Å². The number of nitrogens with zero attached hydrogens (tertiary/aromatic N) is 4. The van der Waals surface area contributed by atoms with Crippen molar-refractivity contribution in [1.29, 1.82) is 0 Å². The predicted molar refractivity (Wildman–Crippen MR) is 73.4 cm³/mol. The maximum Gasteiger partial charge on any atom is 0.250 e. The van der Waals surface area contributed by atoms with E-state index in [1.54, 1.807) is 30.2 Å². The second-order valence-corrected chi connectivity index (χ2v) is 5.08. The van der Waals surface area contributed by atoms with Crippen molar-refractivity contribution in [2.75, 3.05) is 6.54 Å². The number of likely N-dealkylation sites (tertiary alicyclic amines) is 1. The summed E-state index contributed by atoms with van der Waals surface area (Å²) in [6.07, 6.45) is 3.33. The number of rotatable bonds is 3. The van der Waals surface area contributed by atoms with E-state index >= 15 is 0 Å². The Balaban J connectivity index is 1.77. The van der Waals surface area contributed by atoms with E-state index in [-0.39, 0.29) is 24.1 Å². The smallest absolute Gasteiger partial charge is 0.250 e. The van der Waals surface area contributed by atoms with Crippen molar-refractivity contribution in [3.05, 3.63) is 46.5 Å². The molecule has 0 aliphatic carbocycles. The Kier molecular flexibility index (Phi) is 3.55. The van der Waals surface area contributed by atoms with Gasteiger partial charge in [0.05, 0.1) is 6.04 Å². The molecule has 21 heavy (non-hydrogen) atoms. The van der Waals surface area contributed by atoms with Gasteiger partial charge in [-0.05, 0) is 18.9 Å². The highest BCUT2D eigenvalue weighted by molar-refractivity contribution is 5.76. The molecular formula is C14H16N4O3. The molecule has 0 saturated carbocycles. The fraction of sp³-hybridized carbons (Fsp3) is 0.429. The average molecular weight is 288 g/mol. The minimum absolute atomic E-state index is 0.0347. The van der Waals surface area contributed by atoms with Gasteiger partial charge in [0.1, 0.15) is 6.54 Å². The molecule has 1 aliphatic heterocycles. The van der Waals surface area contributed by atoms with E-state index in [1.165, 1.54) is 10.6 Å². The zero-order valence-corrected chi connectivity index (χ0v) is 11.7. The van der Waals surface area contributed by atoms with Gasteiger partial charge in [0.2, 0.25) is 11.8 Å². The monoisotopic (exact) mass is 288 g/mol. The van der Waals surface area contributed by atoms with Crippen LogP contribution in [-0.2, 0) is 11.3 Å². The lowest BCUT2D eigenvalue weighted by molar-refractivity contribution is -0.133. The molecule has 1 aliphatic rings. The molecule has 7 nitrogen and oxygen atoms in total. The molecule has 0 bridgehead atoms. The van der Waals surface area contributed by atoms with Crippen LogP contribution in [0.3, 0.4) is 0 Å². The molecule has 2 aromatic heterocycles. The first-order valence-corrected chi connectivity index (χ1v) is 6.90. The Labute approximate surface area is 121 Å². The number of aromatic nitrogens is 3. The third-order valence-corrected chi connectivity index (χ3v) is 3.62. The third-order valence-electron chi connectivity index (χ3n) is 3.62. The van der Waals surface area contributed by atoms with Crippen LogP contribution in [0.1, 0.15) is 30.6 Å². The SMILES string of the molecule is Cc1nc(C2CCCN2C(=O)Cn2ccccc2=O)no1. The van der Waals surface area contributed by atoms with Crippen LogP contribution in [0.15, 0.2) is 33.7 Å². The van der Waals surface area contributed by atoms with Gasteiger partial charge < -0.3 is 14.0 Å². The highest BCUT2D eigenvalue weighted by Gasteiger charge is 2.33. The Morgan fingerprint density at radius 2 is 2.33 bits per heavy atom. The molecule has 1 fully saturated rings. The Morgan fingerprint density at radius 1 is 1.48 bits per heavy atom. The summed E-state index contributed by atoms with van der Waals surface area (Å²) < 4.78 is 6.39. The molecule has 0 N–H and O–H groups in total. The average Bonchev–Trinajstić information content (AvgIpc) is 3.09. The number of pyridine rings is 1. The van der Waals surface area contributed by atoms with E-state index in [0.29, 0.717) is 18.3 Å². The van der Waals surface area contributed by atoms with Crippen molar-refractivity contribution < 1.29 is 9.32 Å². The van der Waals surface area contributed by atoms with Gasteiger partial charge in [-0.15, -0.1) is 0 Å². The zero-order valence-electron chi connectivity index (χ0n) is 11.7. The summed E-state index contributed by atoms with van der Waals surface area (Å²) in [6, 6.07) is 4.68. The van der Waals surface area contributed by atoms with Gasteiger partial charge in [-0.1, -0.05) is 11.2 Å². The summed E-state index contributed by atoms with van der Waals surface area (Å²) in [6.45, 7) is 2.41. The lowest BCUT2D eigenvalue weighted by Crippen LogP contribution is -2.36. The van der Waals surface area contributed by atoms with Crippen molar-refractivity contribution in [3.8, 4) is 0 Å². The topological polar surface area (TPSA) is 81.2 Å². The molecule has 3 rings (SSSR count). The van der Waals surface area contributed by atoms with Crippen molar-refractivity contribution >= 4 is 5.91 Å². The largest absolute Gasteiger partial charge is 0.340 e. The quantitative estimate of drug-likeness (QED) is 0.838. The van der Waals surface area contributed by atoms with Gasteiger partial charge in [0.15, 0.2) is 5.82 Å². The number of hydrogen-bond acceptors (Lipinski definition) is 5. The number of amides is 1. The molecule has 1 saturated heterocycles. The molecule has 0 spiro atoms. The first-order chi connectivity index (χ1) is 10.1. The molecule has 1 amide bonds. The molecule has 1 unspecified atom stereocenters. The molecule has 0 radical (unpaired) electrons. The van der Waals surface area contributed by atoms with Gasteiger partial charge in [-0.25, -0.2) is 0 Å². The van der Waals surface area contributed by atoms with Crippen molar-refractivity contribution in [2.24, 2.45) is 0 Å². The molecular weight excluding hydrogens is 272 g/mol. The molecule has 0 aromatic carbocycles. The van der Waals surface area contributed by atoms with Crippen LogP contribution >= 0.6 is 0 Å². The predicted octanol–water partition coefficient (Wildman–Crippen LogP) is 0.903. The number of aryl methyl sites for hydroxylation is 1. The number of carbonyl (C=O) groups is 1. The molecule has 3 heterocycles. The normalized spacial score (nSPS) is 18.1. The first-order valence-electron chi connectivity index (χ1n) is 6.90. The molecule has 1 atom stereocenters. The van der Waals surface area contributed by atoms with E-state index in [9.17, 15) is 9.59 Å².